The Kier molecular flexibility index (Phi) is 4.48. The molecular formula is C16H14N4O3S. The second-order valence-electron chi connectivity index (χ2n) is 5.21. The van der Waals surface area contributed by atoms with Crippen molar-refractivity contribution < 1.29 is 14.3 Å². The van der Waals surface area contributed by atoms with Gasteiger partial charge in [0.15, 0.2) is 6.61 Å². The number of carbonyl (C=O) groups excluding carboxylic acids is 2. The minimum atomic E-state index is -0.575. The molecule has 24 heavy (non-hydrogen) atoms. The molecule has 0 amide bonds. The average Bonchev–Trinajstić information content (AvgIpc) is 3.24. The lowest BCUT2D eigenvalue weighted by atomic mass is 10.0. The topological polar surface area (TPSA) is 87.0 Å². The van der Waals surface area contributed by atoms with Crippen molar-refractivity contribution in [2.45, 2.75) is 13.8 Å². The molecule has 0 aliphatic rings. The van der Waals surface area contributed by atoms with Gasteiger partial charge in [0.25, 0.3) is 0 Å². The zero-order chi connectivity index (χ0) is 17.1. The molecule has 0 aliphatic heterocycles. The molecule has 8 heteroatoms. The molecule has 2 aromatic heterocycles. The molecule has 0 spiro atoms. The monoisotopic (exact) mass is 342 g/mol. The summed E-state index contributed by atoms with van der Waals surface area (Å²) in [5.74, 6) is -0.806. The summed E-state index contributed by atoms with van der Waals surface area (Å²) in [5.41, 5.74) is 2.92. The van der Waals surface area contributed by atoms with Crippen LogP contribution in [0.25, 0.3) is 5.69 Å². The van der Waals surface area contributed by atoms with E-state index in [9.17, 15) is 9.59 Å². The minimum Gasteiger partial charge on any atom is -0.453 e. The van der Waals surface area contributed by atoms with Gasteiger partial charge in [-0.15, -0.1) is 16.4 Å². The number of hydrogen-bond donors (Lipinski definition) is 0. The smallest absolute Gasteiger partial charge is 0.351 e. The van der Waals surface area contributed by atoms with E-state index < -0.39 is 5.97 Å². The molecule has 1 aromatic carbocycles. The van der Waals surface area contributed by atoms with Crippen LogP contribution in [0.1, 0.15) is 31.2 Å². The summed E-state index contributed by atoms with van der Waals surface area (Å²) in [6.45, 7) is 3.45. The van der Waals surface area contributed by atoms with Crippen molar-refractivity contribution in [2.75, 3.05) is 6.61 Å². The quantitative estimate of drug-likeness (QED) is 0.523. The summed E-state index contributed by atoms with van der Waals surface area (Å²) in [6.07, 6.45) is 1.39. The van der Waals surface area contributed by atoms with Crippen LogP contribution in [0.15, 0.2) is 36.0 Å². The highest BCUT2D eigenvalue weighted by Gasteiger charge is 2.19. The number of rotatable bonds is 5. The standard InChI is InChI=1S/C16H14N4O3S/c1-10-3-4-11(2)12(7-10)14(21)8-23-16(22)15-13(5-6-24-15)20-9-17-18-19-20/h3-7,9H,8H2,1-2H3. The van der Waals surface area contributed by atoms with E-state index in [0.29, 0.717) is 16.1 Å². The van der Waals surface area contributed by atoms with Crippen LogP contribution in [-0.2, 0) is 4.74 Å². The Balaban J connectivity index is 1.71. The van der Waals surface area contributed by atoms with Gasteiger partial charge in [0.2, 0.25) is 5.78 Å². The average molecular weight is 342 g/mol. The molecular weight excluding hydrogens is 328 g/mol. The van der Waals surface area contributed by atoms with E-state index in [1.807, 2.05) is 26.0 Å². The minimum absolute atomic E-state index is 0.231. The molecule has 3 aromatic rings. The number of hydrogen-bond acceptors (Lipinski definition) is 7. The predicted molar refractivity (Wildman–Crippen MR) is 87.6 cm³/mol. The summed E-state index contributed by atoms with van der Waals surface area (Å²) in [4.78, 5) is 24.9. The van der Waals surface area contributed by atoms with Gasteiger partial charge in [-0.25, -0.2) is 4.79 Å². The number of esters is 1. The van der Waals surface area contributed by atoms with Crippen LogP contribution in [0, 0.1) is 13.8 Å². The van der Waals surface area contributed by atoms with Crippen molar-refractivity contribution in [3.8, 4) is 5.69 Å². The number of nitrogens with zero attached hydrogens (tertiary/aromatic N) is 4. The molecule has 2 heterocycles. The second-order valence-corrected chi connectivity index (χ2v) is 6.12. The number of benzene rings is 1. The fraction of sp³-hybridized carbons (Fsp3) is 0.188. The molecule has 0 saturated carbocycles. The zero-order valence-electron chi connectivity index (χ0n) is 13.1. The van der Waals surface area contributed by atoms with Crippen molar-refractivity contribution in [1.82, 2.24) is 20.2 Å². The number of tetrazole rings is 1. The summed E-state index contributed by atoms with van der Waals surface area (Å²) in [7, 11) is 0. The van der Waals surface area contributed by atoms with Gasteiger partial charge >= 0.3 is 5.97 Å². The molecule has 0 aliphatic carbocycles. The summed E-state index contributed by atoms with van der Waals surface area (Å²) < 4.78 is 6.55. The normalized spacial score (nSPS) is 10.6. The molecule has 0 N–H and O–H groups in total. The Bertz CT molecular complexity index is 887. The third-order valence-electron chi connectivity index (χ3n) is 3.45. The first-order valence-corrected chi connectivity index (χ1v) is 8.02. The number of aromatic nitrogens is 4. The third kappa shape index (κ3) is 3.23. The molecule has 7 nitrogen and oxygen atoms in total. The number of Topliss-reactive ketones (excluding diaryl/α,β-unsaturated/α-hetero) is 1. The van der Waals surface area contributed by atoms with Crippen molar-refractivity contribution in [3.63, 3.8) is 0 Å². The van der Waals surface area contributed by atoms with E-state index in [0.717, 1.165) is 11.1 Å². The Morgan fingerprint density at radius 3 is 2.83 bits per heavy atom. The Hall–Kier alpha value is -2.87. The van der Waals surface area contributed by atoms with Gasteiger partial charge in [-0.3, -0.25) is 4.79 Å². The third-order valence-corrected chi connectivity index (χ3v) is 4.34. The Morgan fingerprint density at radius 1 is 1.25 bits per heavy atom. The van der Waals surface area contributed by atoms with E-state index in [1.165, 1.54) is 22.3 Å². The maximum absolute atomic E-state index is 12.3. The van der Waals surface area contributed by atoms with Gasteiger partial charge in [0, 0.05) is 5.56 Å². The van der Waals surface area contributed by atoms with Crippen LogP contribution in [0.4, 0.5) is 0 Å². The highest BCUT2D eigenvalue weighted by molar-refractivity contribution is 7.12. The van der Waals surface area contributed by atoms with Crippen molar-refractivity contribution in [1.29, 1.82) is 0 Å². The largest absolute Gasteiger partial charge is 0.453 e. The molecule has 3 rings (SSSR count). The van der Waals surface area contributed by atoms with Crippen LogP contribution in [-0.4, -0.2) is 38.6 Å². The van der Waals surface area contributed by atoms with Gasteiger partial charge < -0.3 is 4.74 Å². The second kappa shape index (κ2) is 6.71. The molecule has 0 bridgehead atoms. The van der Waals surface area contributed by atoms with E-state index >= 15 is 0 Å². The first-order chi connectivity index (χ1) is 11.6. The SMILES string of the molecule is Cc1ccc(C)c(C(=O)COC(=O)c2sccc2-n2cnnn2)c1. The molecule has 0 radical (unpaired) electrons. The first kappa shape index (κ1) is 16.0. The lowest BCUT2D eigenvalue weighted by molar-refractivity contribution is 0.0479. The predicted octanol–water partition coefficient (Wildman–Crippen LogP) is 2.38. The molecule has 0 saturated heterocycles. The van der Waals surface area contributed by atoms with Crippen molar-refractivity contribution >= 4 is 23.1 Å². The highest BCUT2D eigenvalue weighted by atomic mass is 32.1. The summed E-state index contributed by atoms with van der Waals surface area (Å²) >= 11 is 1.21. The molecule has 0 fully saturated rings. The number of aryl methyl sites for hydroxylation is 2. The number of carbonyl (C=O) groups is 2. The van der Waals surface area contributed by atoms with Crippen LogP contribution in [0.5, 0.6) is 0 Å². The maximum Gasteiger partial charge on any atom is 0.351 e. The van der Waals surface area contributed by atoms with E-state index in [2.05, 4.69) is 15.5 Å². The van der Waals surface area contributed by atoms with Crippen LogP contribution >= 0.6 is 11.3 Å². The van der Waals surface area contributed by atoms with Crippen LogP contribution in [0.2, 0.25) is 0 Å². The number of thiophene rings is 1. The number of ether oxygens (including phenoxy) is 1. The fourth-order valence-corrected chi connectivity index (χ4v) is 2.99. The van der Waals surface area contributed by atoms with Gasteiger partial charge in [-0.2, -0.15) is 4.68 Å². The van der Waals surface area contributed by atoms with Crippen LogP contribution in [0.3, 0.4) is 0 Å². The van der Waals surface area contributed by atoms with E-state index in [4.69, 9.17) is 4.74 Å². The first-order valence-electron chi connectivity index (χ1n) is 7.14. The summed E-state index contributed by atoms with van der Waals surface area (Å²) in [6, 6.07) is 7.31. The van der Waals surface area contributed by atoms with Crippen molar-refractivity contribution in [2.24, 2.45) is 0 Å². The van der Waals surface area contributed by atoms with Gasteiger partial charge in [0.1, 0.15) is 11.2 Å². The lowest BCUT2D eigenvalue weighted by Gasteiger charge is -2.07. The summed E-state index contributed by atoms with van der Waals surface area (Å²) in [5, 5.41) is 12.6. The lowest BCUT2D eigenvalue weighted by Crippen LogP contribution is -2.15. The van der Waals surface area contributed by atoms with Gasteiger partial charge in [0.05, 0.1) is 5.69 Å². The number of ketones is 1. The Labute approximate surface area is 141 Å². The molecule has 0 atom stereocenters. The van der Waals surface area contributed by atoms with E-state index in [1.54, 1.807) is 17.5 Å². The maximum atomic E-state index is 12.3. The van der Waals surface area contributed by atoms with E-state index in [-0.39, 0.29) is 12.4 Å². The van der Waals surface area contributed by atoms with Crippen LogP contribution < -0.4 is 0 Å². The highest BCUT2D eigenvalue weighted by Crippen LogP contribution is 2.21. The Morgan fingerprint density at radius 2 is 2.08 bits per heavy atom. The van der Waals surface area contributed by atoms with Gasteiger partial charge in [-0.05, 0) is 47.4 Å². The zero-order valence-corrected chi connectivity index (χ0v) is 13.9. The fourth-order valence-electron chi connectivity index (χ4n) is 2.22. The van der Waals surface area contributed by atoms with Crippen molar-refractivity contribution in [3.05, 3.63) is 57.5 Å². The van der Waals surface area contributed by atoms with Gasteiger partial charge in [-0.1, -0.05) is 17.7 Å². The molecule has 0 unspecified atom stereocenters. The molecule has 122 valence electrons.